The number of aromatic nitrogens is 4. The van der Waals surface area contributed by atoms with Gasteiger partial charge in [0.1, 0.15) is 16.7 Å². The van der Waals surface area contributed by atoms with Crippen LogP contribution >= 0.6 is 9.24 Å². The van der Waals surface area contributed by atoms with Crippen LogP contribution in [0.2, 0.25) is 0 Å². The van der Waals surface area contributed by atoms with E-state index in [9.17, 15) is 0 Å². The molecule has 0 aliphatic rings. The van der Waals surface area contributed by atoms with E-state index in [-0.39, 0.29) is 0 Å². The molecule has 0 bridgehead atoms. The zero-order valence-corrected chi connectivity index (χ0v) is 35.5. The molecule has 0 fully saturated rings. The third kappa shape index (κ3) is 6.41. The number of furan rings is 1. The molecule has 0 aliphatic heterocycles. The molecule has 0 aliphatic carbocycles. The number of nitrogens with zero attached hydrogens (tertiary/aromatic N) is 4. The highest BCUT2D eigenvalue weighted by atomic mass is 31.0. The molecule has 292 valence electrons. The summed E-state index contributed by atoms with van der Waals surface area (Å²) in [6.45, 7) is 8.70. The minimum Gasteiger partial charge on any atom is -0.456 e. The van der Waals surface area contributed by atoms with Gasteiger partial charge in [-0.05, 0) is 127 Å². The molecule has 0 amide bonds. The Kier molecular flexibility index (Phi) is 8.77. The fourth-order valence-corrected chi connectivity index (χ4v) is 9.36. The lowest BCUT2D eigenvalue weighted by molar-refractivity contribution is 0.669. The lowest BCUT2D eigenvalue weighted by Crippen LogP contribution is -2.11. The standard InChI is InChI=1S/C55H41N4OP/c1-32-14-20-41(34(3)26-32)39-18-24-48-45(29-39)46-30-40(42-21-15-33(2)27-35(42)4)19-25-49(46)59(48)50-23-17-37(38-16-22-44-43-12-8-9-13-51(43)60-52(44)31-38)28-47(50)54-56-53(57-55(61)58-54)36-10-6-5-7-11-36/h5-31H,61H2,1-4H3. The molecule has 11 rings (SSSR count). The van der Waals surface area contributed by atoms with Crippen LogP contribution in [0.4, 0.5) is 0 Å². The largest absolute Gasteiger partial charge is 0.456 e. The van der Waals surface area contributed by atoms with Gasteiger partial charge in [0, 0.05) is 32.7 Å². The maximum atomic E-state index is 6.36. The predicted octanol–water partition coefficient (Wildman–Crippen LogP) is 13.9. The minimum absolute atomic E-state index is 0.572. The molecule has 0 saturated heterocycles. The van der Waals surface area contributed by atoms with Gasteiger partial charge < -0.3 is 8.98 Å². The molecule has 8 aromatic carbocycles. The molecular formula is C55H41N4OP. The Balaban J connectivity index is 1.18. The molecule has 1 unspecified atom stereocenters. The summed E-state index contributed by atoms with van der Waals surface area (Å²) in [6, 6.07) is 58.7. The molecule has 1 atom stereocenters. The summed E-state index contributed by atoms with van der Waals surface area (Å²) in [4.78, 5) is 15.0. The highest BCUT2D eigenvalue weighted by molar-refractivity contribution is 7.26. The molecule has 11 aromatic rings. The first-order valence-corrected chi connectivity index (χ1v) is 21.2. The van der Waals surface area contributed by atoms with E-state index in [4.69, 9.17) is 19.4 Å². The van der Waals surface area contributed by atoms with Gasteiger partial charge in [-0.15, -0.1) is 0 Å². The minimum atomic E-state index is 0.572. The van der Waals surface area contributed by atoms with Gasteiger partial charge in [-0.3, -0.25) is 0 Å². The van der Waals surface area contributed by atoms with Crippen LogP contribution in [0.15, 0.2) is 168 Å². The fraction of sp³-hybridized carbons (Fsp3) is 0.0727. The van der Waals surface area contributed by atoms with Crippen molar-refractivity contribution in [2.75, 3.05) is 0 Å². The summed E-state index contributed by atoms with van der Waals surface area (Å²) in [5.74, 6) is 1.21. The molecule has 0 radical (unpaired) electrons. The Hall–Kier alpha value is -7.20. The van der Waals surface area contributed by atoms with Crippen molar-refractivity contribution < 1.29 is 4.42 Å². The van der Waals surface area contributed by atoms with Crippen LogP contribution < -0.4 is 5.57 Å². The van der Waals surface area contributed by atoms with Gasteiger partial charge in [-0.25, -0.2) is 15.0 Å². The first kappa shape index (κ1) is 36.8. The fourth-order valence-electron chi connectivity index (χ4n) is 9.12. The van der Waals surface area contributed by atoms with Crippen LogP contribution in [0.25, 0.3) is 106 Å². The van der Waals surface area contributed by atoms with Crippen LogP contribution in [-0.4, -0.2) is 19.5 Å². The zero-order valence-electron chi connectivity index (χ0n) is 34.4. The summed E-state index contributed by atoms with van der Waals surface area (Å²) in [6.07, 6.45) is 0. The van der Waals surface area contributed by atoms with Gasteiger partial charge in [-0.1, -0.05) is 130 Å². The van der Waals surface area contributed by atoms with E-state index in [1.165, 1.54) is 55.3 Å². The molecule has 0 N–H and O–H groups in total. The van der Waals surface area contributed by atoms with Gasteiger partial charge in [0.2, 0.25) is 0 Å². The number of rotatable bonds is 6. The molecular weight excluding hydrogens is 764 g/mol. The highest BCUT2D eigenvalue weighted by Gasteiger charge is 2.21. The molecule has 3 heterocycles. The van der Waals surface area contributed by atoms with Gasteiger partial charge in [0.05, 0.1) is 16.7 Å². The maximum absolute atomic E-state index is 6.36. The smallest absolute Gasteiger partial charge is 0.166 e. The van der Waals surface area contributed by atoms with E-state index in [2.05, 4.69) is 163 Å². The first-order valence-electron chi connectivity index (χ1n) is 20.6. The summed E-state index contributed by atoms with van der Waals surface area (Å²) in [7, 11) is 2.71. The molecule has 0 saturated carbocycles. The van der Waals surface area contributed by atoms with Crippen LogP contribution in [0, 0.1) is 27.7 Å². The van der Waals surface area contributed by atoms with Gasteiger partial charge >= 0.3 is 0 Å². The van der Waals surface area contributed by atoms with E-state index < -0.39 is 0 Å². The second kappa shape index (κ2) is 14.5. The number of benzene rings is 8. The second-order valence-electron chi connectivity index (χ2n) is 16.2. The van der Waals surface area contributed by atoms with E-state index in [1.807, 2.05) is 42.5 Å². The Morgan fingerprint density at radius 1 is 0.410 bits per heavy atom. The number of para-hydroxylation sites is 1. The Morgan fingerprint density at radius 3 is 1.66 bits per heavy atom. The Bertz CT molecular complexity index is 3440. The van der Waals surface area contributed by atoms with Crippen molar-refractivity contribution >= 4 is 58.5 Å². The van der Waals surface area contributed by atoms with E-state index >= 15 is 0 Å². The molecule has 3 aromatic heterocycles. The number of fused-ring (bicyclic) bond motifs is 6. The summed E-state index contributed by atoms with van der Waals surface area (Å²) in [5.41, 5.74) is 19.2. The Labute approximate surface area is 356 Å². The van der Waals surface area contributed by atoms with Crippen LogP contribution in [0.3, 0.4) is 0 Å². The van der Waals surface area contributed by atoms with Crippen LogP contribution in [-0.2, 0) is 0 Å². The average Bonchev–Trinajstić information content (AvgIpc) is 3.81. The highest BCUT2D eigenvalue weighted by Crippen LogP contribution is 2.42. The van der Waals surface area contributed by atoms with Crippen LogP contribution in [0.5, 0.6) is 0 Å². The maximum Gasteiger partial charge on any atom is 0.166 e. The molecule has 61 heavy (non-hydrogen) atoms. The van der Waals surface area contributed by atoms with Crippen molar-refractivity contribution in [3.63, 3.8) is 0 Å². The zero-order chi connectivity index (χ0) is 41.4. The third-order valence-electron chi connectivity index (χ3n) is 12.0. The monoisotopic (exact) mass is 804 g/mol. The Morgan fingerprint density at radius 2 is 0.984 bits per heavy atom. The van der Waals surface area contributed by atoms with E-state index in [1.54, 1.807) is 0 Å². The predicted molar refractivity (Wildman–Crippen MR) is 257 cm³/mol. The van der Waals surface area contributed by atoms with Crippen molar-refractivity contribution in [1.82, 2.24) is 19.5 Å². The first-order chi connectivity index (χ1) is 29.8. The lowest BCUT2D eigenvalue weighted by atomic mass is 9.95. The summed E-state index contributed by atoms with van der Waals surface area (Å²) >= 11 is 0. The normalized spacial score (nSPS) is 11.7. The van der Waals surface area contributed by atoms with Crippen molar-refractivity contribution in [2.24, 2.45) is 0 Å². The van der Waals surface area contributed by atoms with Crippen molar-refractivity contribution in [1.29, 1.82) is 0 Å². The third-order valence-corrected chi connectivity index (χ3v) is 12.3. The van der Waals surface area contributed by atoms with Crippen molar-refractivity contribution in [2.45, 2.75) is 27.7 Å². The summed E-state index contributed by atoms with van der Waals surface area (Å²) in [5, 5.41) is 4.56. The number of hydrogen-bond donors (Lipinski definition) is 0. The van der Waals surface area contributed by atoms with Gasteiger partial charge in [0.25, 0.3) is 0 Å². The molecule has 6 heteroatoms. The second-order valence-corrected chi connectivity index (χ2v) is 16.7. The van der Waals surface area contributed by atoms with Gasteiger partial charge in [0.15, 0.2) is 11.6 Å². The van der Waals surface area contributed by atoms with E-state index in [0.29, 0.717) is 17.2 Å². The summed E-state index contributed by atoms with van der Waals surface area (Å²) < 4.78 is 8.75. The van der Waals surface area contributed by atoms with Crippen molar-refractivity contribution in [3.05, 3.63) is 186 Å². The number of aryl methyl sites for hydroxylation is 4. The average molecular weight is 805 g/mol. The van der Waals surface area contributed by atoms with Gasteiger partial charge in [-0.2, -0.15) is 0 Å². The SMILES string of the molecule is Cc1ccc(-c2ccc3c(c2)c2cc(-c4ccc(C)cc4C)ccc2n3-c2ccc(-c3ccc4c(c3)oc3ccccc34)cc2-c2nc(P)nc(-c3ccccc3)n2)c(C)c1. The number of hydrogen-bond acceptors (Lipinski definition) is 4. The molecule has 5 nitrogen and oxygen atoms in total. The van der Waals surface area contributed by atoms with E-state index in [0.717, 1.165) is 60.9 Å². The lowest BCUT2D eigenvalue weighted by Gasteiger charge is -2.16. The topological polar surface area (TPSA) is 56.7 Å². The quantitative estimate of drug-likeness (QED) is 0.157. The van der Waals surface area contributed by atoms with Crippen LogP contribution in [0.1, 0.15) is 22.3 Å². The van der Waals surface area contributed by atoms with Crippen molar-refractivity contribution in [3.8, 4) is 61.8 Å². The molecule has 0 spiro atoms.